The summed E-state index contributed by atoms with van der Waals surface area (Å²) < 4.78 is 0. The van der Waals surface area contributed by atoms with E-state index in [1.54, 1.807) is 6.20 Å². The summed E-state index contributed by atoms with van der Waals surface area (Å²) in [6, 6.07) is 4.13. The highest BCUT2D eigenvalue weighted by Crippen LogP contribution is 2.28. The molecule has 70 valence electrons. The van der Waals surface area contributed by atoms with Crippen LogP contribution < -0.4 is 5.32 Å². The van der Waals surface area contributed by atoms with E-state index in [-0.39, 0.29) is 0 Å². The first kappa shape index (κ1) is 7.67. The second-order valence-electron chi connectivity index (χ2n) is 3.50. The third kappa shape index (κ3) is 1.04. The van der Waals surface area contributed by atoms with Crippen LogP contribution in [0, 0.1) is 0 Å². The summed E-state index contributed by atoms with van der Waals surface area (Å²) in [5.74, 6) is 0. The van der Waals surface area contributed by atoms with Gasteiger partial charge in [0, 0.05) is 17.6 Å². The van der Waals surface area contributed by atoms with Gasteiger partial charge in [0.05, 0.1) is 11.7 Å². The molecule has 0 fully saturated rings. The first-order chi connectivity index (χ1) is 6.95. The van der Waals surface area contributed by atoms with Crippen LogP contribution in [0.4, 0.5) is 5.69 Å². The van der Waals surface area contributed by atoms with Crippen molar-refractivity contribution in [2.24, 2.45) is 0 Å². The van der Waals surface area contributed by atoms with Crippen molar-refractivity contribution in [3.05, 3.63) is 23.9 Å². The Hall–Kier alpha value is -1.71. The lowest BCUT2D eigenvalue weighted by Gasteiger charge is -2.18. The number of hydrogen-bond acceptors (Lipinski definition) is 4. The molecule has 4 nitrogen and oxygen atoms in total. The van der Waals surface area contributed by atoms with Gasteiger partial charge in [0.1, 0.15) is 0 Å². The number of benzene rings is 1. The Morgan fingerprint density at radius 3 is 3.29 bits per heavy atom. The van der Waals surface area contributed by atoms with Gasteiger partial charge in [-0.15, -0.1) is 10.2 Å². The number of aromatic nitrogens is 3. The molecule has 0 aliphatic carbocycles. The molecule has 0 unspecified atom stereocenters. The fourth-order valence-corrected chi connectivity index (χ4v) is 1.94. The molecular formula is C10H10N4. The number of anilines is 1. The molecule has 4 heteroatoms. The van der Waals surface area contributed by atoms with Crippen molar-refractivity contribution in [3.8, 4) is 0 Å². The average Bonchev–Trinajstić information content (AvgIpc) is 2.29. The van der Waals surface area contributed by atoms with E-state index in [1.807, 2.05) is 6.07 Å². The molecule has 0 saturated heterocycles. The van der Waals surface area contributed by atoms with Crippen LogP contribution in [0.25, 0.3) is 10.9 Å². The van der Waals surface area contributed by atoms with Crippen LogP contribution in [0.1, 0.15) is 12.0 Å². The molecule has 0 amide bonds. The van der Waals surface area contributed by atoms with Gasteiger partial charge in [-0.05, 0) is 29.7 Å². The lowest BCUT2D eigenvalue weighted by Crippen LogP contribution is -2.12. The van der Waals surface area contributed by atoms with E-state index >= 15 is 0 Å². The van der Waals surface area contributed by atoms with E-state index in [0.717, 1.165) is 23.9 Å². The number of rotatable bonds is 0. The Balaban J connectivity index is 2.34. The predicted octanol–water partition coefficient (Wildman–Crippen LogP) is 1.38. The van der Waals surface area contributed by atoms with Gasteiger partial charge in [-0.2, -0.15) is 0 Å². The molecule has 1 N–H and O–H groups in total. The van der Waals surface area contributed by atoms with Gasteiger partial charge in [0.25, 0.3) is 0 Å². The summed E-state index contributed by atoms with van der Waals surface area (Å²) in [7, 11) is 0. The minimum atomic E-state index is 0.910. The van der Waals surface area contributed by atoms with Crippen LogP contribution in [0.2, 0.25) is 0 Å². The number of nitrogens with zero attached hydrogens (tertiary/aromatic N) is 3. The lowest BCUT2D eigenvalue weighted by molar-refractivity contribution is 0.830. The molecule has 0 saturated carbocycles. The van der Waals surface area contributed by atoms with Crippen molar-refractivity contribution in [2.45, 2.75) is 12.8 Å². The molecule has 1 aromatic carbocycles. The molecule has 1 aliphatic rings. The van der Waals surface area contributed by atoms with E-state index in [4.69, 9.17) is 0 Å². The van der Waals surface area contributed by atoms with Gasteiger partial charge in [0.2, 0.25) is 0 Å². The maximum atomic E-state index is 3.99. The largest absolute Gasteiger partial charge is 0.384 e. The minimum absolute atomic E-state index is 0.910. The Morgan fingerprint density at radius 1 is 1.29 bits per heavy atom. The Bertz CT molecular complexity index is 481. The molecule has 14 heavy (non-hydrogen) atoms. The minimum Gasteiger partial charge on any atom is -0.384 e. The van der Waals surface area contributed by atoms with Gasteiger partial charge in [-0.25, -0.2) is 0 Å². The van der Waals surface area contributed by atoms with Crippen LogP contribution in [-0.2, 0) is 6.42 Å². The molecule has 0 atom stereocenters. The fourth-order valence-electron chi connectivity index (χ4n) is 1.94. The number of fused-ring (bicyclic) bond motifs is 3. The van der Waals surface area contributed by atoms with E-state index in [1.165, 1.54) is 17.7 Å². The third-order valence-electron chi connectivity index (χ3n) is 2.62. The normalized spacial score (nSPS) is 14.9. The number of aryl methyl sites for hydroxylation is 1. The highest BCUT2D eigenvalue weighted by molar-refractivity contribution is 5.92. The van der Waals surface area contributed by atoms with Gasteiger partial charge in [0.15, 0.2) is 0 Å². The number of hydrogen-bond donors (Lipinski definition) is 1. The Morgan fingerprint density at radius 2 is 2.29 bits per heavy atom. The van der Waals surface area contributed by atoms with E-state index in [2.05, 4.69) is 26.8 Å². The average molecular weight is 186 g/mol. The second kappa shape index (κ2) is 2.90. The van der Waals surface area contributed by atoms with Crippen LogP contribution in [0.3, 0.4) is 0 Å². The van der Waals surface area contributed by atoms with Crippen molar-refractivity contribution >= 4 is 16.6 Å². The summed E-state index contributed by atoms with van der Waals surface area (Å²) in [4.78, 5) is 0. The van der Waals surface area contributed by atoms with Crippen LogP contribution in [0.5, 0.6) is 0 Å². The van der Waals surface area contributed by atoms with Gasteiger partial charge < -0.3 is 5.32 Å². The van der Waals surface area contributed by atoms with Gasteiger partial charge >= 0.3 is 0 Å². The fraction of sp³-hybridized carbons (Fsp3) is 0.300. The van der Waals surface area contributed by atoms with E-state index < -0.39 is 0 Å². The zero-order chi connectivity index (χ0) is 9.38. The van der Waals surface area contributed by atoms with Gasteiger partial charge in [-0.3, -0.25) is 0 Å². The summed E-state index contributed by atoms with van der Waals surface area (Å²) in [6.07, 6.45) is 4.12. The quantitative estimate of drug-likeness (QED) is 0.675. The summed E-state index contributed by atoms with van der Waals surface area (Å²) in [5, 5.41) is 15.9. The van der Waals surface area contributed by atoms with Crippen LogP contribution in [-0.4, -0.2) is 22.0 Å². The summed E-state index contributed by atoms with van der Waals surface area (Å²) >= 11 is 0. The topological polar surface area (TPSA) is 50.7 Å². The highest BCUT2D eigenvalue weighted by atomic mass is 15.3. The highest BCUT2D eigenvalue weighted by Gasteiger charge is 2.11. The first-order valence-electron chi connectivity index (χ1n) is 4.79. The maximum absolute atomic E-state index is 3.99. The SMILES string of the molecule is c1cc2nnncc2c2c1CCCN2. The summed E-state index contributed by atoms with van der Waals surface area (Å²) in [5.41, 5.74) is 3.46. The molecule has 3 rings (SSSR count). The molecule has 2 heterocycles. The molecular weight excluding hydrogens is 176 g/mol. The standard InChI is InChI=1S/C10H10N4/c1-2-7-3-4-9-8(6-12-14-13-9)10(7)11-5-1/h3-4,6,11H,1-2,5H2. The molecule has 0 radical (unpaired) electrons. The van der Waals surface area contributed by atoms with Crippen molar-refractivity contribution in [1.29, 1.82) is 0 Å². The van der Waals surface area contributed by atoms with Crippen LogP contribution >= 0.6 is 0 Å². The van der Waals surface area contributed by atoms with Crippen molar-refractivity contribution in [1.82, 2.24) is 15.4 Å². The predicted molar refractivity (Wildman–Crippen MR) is 54.1 cm³/mol. The van der Waals surface area contributed by atoms with E-state index in [9.17, 15) is 0 Å². The first-order valence-corrected chi connectivity index (χ1v) is 4.79. The molecule has 0 bridgehead atoms. The second-order valence-corrected chi connectivity index (χ2v) is 3.50. The Labute approximate surface area is 81.3 Å². The van der Waals surface area contributed by atoms with Crippen molar-refractivity contribution in [3.63, 3.8) is 0 Å². The zero-order valence-electron chi connectivity index (χ0n) is 7.70. The number of nitrogens with one attached hydrogen (secondary N) is 1. The smallest absolute Gasteiger partial charge is 0.0984 e. The van der Waals surface area contributed by atoms with Crippen molar-refractivity contribution < 1.29 is 0 Å². The zero-order valence-corrected chi connectivity index (χ0v) is 7.70. The van der Waals surface area contributed by atoms with Crippen molar-refractivity contribution in [2.75, 3.05) is 11.9 Å². The lowest BCUT2D eigenvalue weighted by atomic mass is 10.0. The molecule has 0 spiro atoms. The maximum Gasteiger partial charge on any atom is 0.0984 e. The third-order valence-corrected chi connectivity index (χ3v) is 2.62. The Kier molecular flexibility index (Phi) is 1.59. The molecule has 2 aromatic rings. The molecule has 1 aromatic heterocycles. The van der Waals surface area contributed by atoms with E-state index in [0.29, 0.717) is 0 Å². The van der Waals surface area contributed by atoms with Crippen LogP contribution in [0.15, 0.2) is 18.3 Å². The summed E-state index contributed by atoms with van der Waals surface area (Å²) in [6.45, 7) is 1.04. The molecule has 1 aliphatic heterocycles. The van der Waals surface area contributed by atoms with Gasteiger partial charge in [-0.1, -0.05) is 6.07 Å². The monoisotopic (exact) mass is 186 g/mol.